The zero-order valence-electron chi connectivity index (χ0n) is 11.0. The van der Waals surface area contributed by atoms with E-state index in [1.807, 2.05) is 25.1 Å². The largest absolute Gasteiger partial charge is 0.496 e. The van der Waals surface area contributed by atoms with Gasteiger partial charge in [0.25, 0.3) is 0 Å². The minimum absolute atomic E-state index is 0. The normalized spacial score (nSPS) is 9.50. The van der Waals surface area contributed by atoms with E-state index in [-0.39, 0.29) is 24.9 Å². The number of esters is 1. The fourth-order valence-electron chi connectivity index (χ4n) is 1.57. The van der Waals surface area contributed by atoms with E-state index in [1.54, 1.807) is 14.0 Å². The van der Waals surface area contributed by atoms with Gasteiger partial charge in [0.05, 0.1) is 20.3 Å². The van der Waals surface area contributed by atoms with Crippen molar-refractivity contribution in [1.82, 2.24) is 5.32 Å². The van der Waals surface area contributed by atoms with Crippen LogP contribution in [0.3, 0.4) is 0 Å². The van der Waals surface area contributed by atoms with Gasteiger partial charge in [-0.15, -0.1) is 12.4 Å². The highest BCUT2D eigenvalue weighted by Crippen LogP contribution is 2.18. The zero-order chi connectivity index (χ0) is 12.7. The highest BCUT2D eigenvalue weighted by atomic mass is 35.5. The van der Waals surface area contributed by atoms with Crippen molar-refractivity contribution in [2.45, 2.75) is 20.4 Å². The highest BCUT2D eigenvalue weighted by molar-refractivity contribution is 5.85. The first-order valence-corrected chi connectivity index (χ1v) is 5.67. The fraction of sp³-hybridized carbons (Fsp3) is 0.462. The minimum atomic E-state index is -0.224. The van der Waals surface area contributed by atoms with Gasteiger partial charge in [-0.25, -0.2) is 0 Å². The lowest BCUT2D eigenvalue weighted by molar-refractivity contribution is -0.142. The van der Waals surface area contributed by atoms with E-state index in [1.165, 1.54) is 0 Å². The van der Waals surface area contributed by atoms with Gasteiger partial charge in [0.1, 0.15) is 5.75 Å². The Kier molecular flexibility index (Phi) is 8.16. The summed E-state index contributed by atoms with van der Waals surface area (Å²) >= 11 is 0. The number of carbonyl (C=O) groups is 1. The Morgan fingerprint density at radius 3 is 2.67 bits per heavy atom. The Morgan fingerprint density at radius 2 is 2.11 bits per heavy atom. The number of ether oxygens (including phenoxy) is 2. The molecule has 0 saturated heterocycles. The van der Waals surface area contributed by atoms with Gasteiger partial charge in [0.15, 0.2) is 0 Å². The molecule has 0 unspecified atom stereocenters. The number of benzene rings is 1. The highest BCUT2D eigenvalue weighted by Gasteiger charge is 2.02. The van der Waals surface area contributed by atoms with E-state index in [0.717, 1.165) is 16.9 Å². The molecule has 0 spiro atoms. The zero-order valence-corrected chi connectivity index (χ0v) is 11.8. The molecule has 102 valence electrons. The summed E-state index contributed by atoms with van der Waals surface area (Å²) in [6.45, 7) is 5.09. The SMILES string of the molecule is CCOC(=O)CNCc1ccc(OC)c(C)c1.Cl. The van der Waals surface area contributed by atoms with Crippen molar-refractivity contribution in [3.05, 3.63) is 29.3 Å². The van der Waals surface area contributed by atoms with Gasteiger partial charge in [0.2, 0.25) is 0 Å². The first-order chi connectivity index (χ1) is 8.17. The molecule has 0 amide bonds. The van der Waals surface area contributed by atoms with Crippen molar-refractivity contribution in [3.63, 3.8) is 0 Å². The van der Waals surface area contributed by atoms with Gasteiger partial charge < -0.3 is 14.8 Å². The molecule has 0 aliphatic carbocycles. The molecule has 1 N–H and O–H groups in total. The standard InChI is InChI=1S/C13H19NO3.ClH/c1-4-17-13(15)9-14-8-11-5-6-12(16-3)10(2)7-11;/h5-7,14H,4,8-9H2,1-3H3;1H. The van der Waals surface area contributed by atoms with Crippen LogP contribution in [0.15, 0.2) is 18.2 Å². The fourth-order valence-corrected chi connectivity index (χ4v) is 1.57. The molecule has 0 atom stereocenters. The van der Waals surface area contributed by atoms with Gasteiger partial charge in [-0.3, -0.25) is 4.79 Å². The molecule has 0 saturated carbocycles. The van der Waals surface area contributed by atoms with E-state index in [4.69, 9.17) is 9.47 Å². The average Bonchev–Trinajstić information content (AvgIpc) is 2.29. The Labute approximate surface area is 114 Å². The molecule has 0 aromatic heterocycles. The summed E-state index contributed by atoms with van der Waals surface area (Å²) < 4.78 is 10.00. The quantitative estimate of drug-likeness (QED) is 0.806. The van der Waals surface area contributed by atoms with Crippen molar-refractivity contribution in [2.75, 3.05) is 20.3 Å². The van der Waals surface area contributed by atoms with Crippen molar-refractivity contribution < 1.29 is 14.3 Å². The predicted molar refractivity (Wildman–Crippen MR) is 73.3 cm³/mol. The summed E-state index contributed by atoms with van der Waals surface area (Å²) in [5.41, 5.74) is 2.20. The third kappa shape index (κ3) is 5.38. The van der Waals surface area contributed by atoms with E-state index in [9.17, 15) is 4.79 Å². The van der Waals surface area contributed by atoms with Gasteiger partial charge in [-0.1, -0.05) is 12.1 Å². The summed E-state index contributed by atoms with van der Waals surface area (Å²) in [5, 5.41) is 3.04. The first-order valence-electron chi connectivity index (χ1n) is 5.67. The smallest absolute Gasteiger partial charge is 0.319 e. The summed E-state index contributed by atoms with van der Waals surface area (Å²) in [7, 11) is 1.65. The van der Waals surface area contributed by atoms with Crippen LogP contribution in [0.4, 0.5) is 0 Å². The monoisotopic (exact) mass is 273 g/mol. The molecule has 0 aliphatic heterocycles. The number of halogens is 1. The maximum atomic E-state index is 11.1. The summed E-state index contributed by atoms with van der Waals surface area (Å²) in [6.07, 6.45) is 0. The Bertz CT molecular complexity index is 382. The maximum Gasteiger partial charge on any atom is 0.319 e. The average molecular weight is 274 g/mol. The molecule has 0 bridgehead atoms. The third-order valence-corrected chi connectivity index (χ3v) is 2.36. The first kappa shape index (κ1) is 16.7. The molecule has 1 rings (SSSR count). The lowest BCUT2D eigenvalue weighted by Crippen LogP contribution is -2.24. The van der Waals surface area contributed by atoms with Crippen molar-refractivity contribution in [1.29, 1.82) is 0 Å². The van der Waals surface area contributed by atoms with Crippen LogP contribution in [-0.2, 0) is 16.1 Å². The van der Waals surface area contributed by atoms with Crippen molar-refractivity contribution in [3.8, 4) is 5.75 Å². The van der Waals surface area contributed by atoms with Crippen LogP contribution in [0.2, 0.25) is 0 Å². The number of carbonyl (C=O) groups excluding carboxylic acids is 1. The van der Waals surface area contributed by atoms with Crippen LogP contribution in [0.1, 0.15) is 18.1 Å². The summed E-state index contributed by atoms with van der Waals surface area (Å²) in [6, 6.07) is 5.94. The lowest BCUT2D eigenvalue weighted by atomic mass is 10.1. The lowest BCUT2D eigenvalue weighted by Gasteiger charge is -2.08. The van der Waals surface area contributed by atoms with E-state index in [0.29, 0.717) is 13.2 Å². The van der Waals surface area contributed by atoms with Gasteiger partial charge in [-0.05, 0) is 31.0 Å². The summed E-state index contributed by atoms with van der Waals surface area (Å²) in [5.74, 6) is 0.650. The Balaban J connectivity index is 0.00000289. The molecular weight excluding hydrogens is 254 g/mol. The van der Waals surface area contributed by atoms with Gasteiger partial charge >= 0.3 is 5.97 Å². The van der Waals surface area contributed by atoms with Crippen molar-refractivity contribution in [2.24, 2.45) is 0 Å². The molecule has 0 radical (unpaired) electrons. The Morgan fingerprint density at radius 1 is 1.39 bits per heavy atom. The second-order valence-electron chi connectivity index (χ2n) is 3.71. The number of hydrogen-bond donors (Lipinski definition) is 1. The summed E-state index contributed by atoms with van der Waals surface area (Å²) in [4.78, 5) is 11.1. The van der Waals surface area contributed by atoms with Crippen LogP contribution in [-0.4, -0.2) is 26.2 Å². The van der Waals surface area contributed by atoms with Gasteiger partial charge in [0, 0.05) is 6.54 Å². The minimum Gasteiger partial charge on any atom is -0.496 e. The molecule has 4 nitrogen and oxygen atoms in total. The topological polar surface area (TPSA) is 47.6 Å². The maximum absolute atomic E-state index is 11.1. The second-order valence-corrected chi connectivity index (χ2v) is 3.71. The van der Waals surface area contributed by atoms with Crippen LogP contribution >= 0.6 is 12.4 Å². The molecular formula is C13H20ClNO3. The molecule has 1 aromatic rings. The number of methoxy groups -OCH3 is 1. The number of rotatable bonds is 6. The Hall–Kier alpha value is -1.26. The predicted octanol–water partition coefficient (Wildman–Crippen LogP) is 2.08. The van der Waals surface area contributed by atoms with E-state index >= 15 is 0 Å². The molecule has 0 heterocycles. The number of aryl methyl sites for hydroxylation is 1. The number of hydrogen-bond acceptors (Lipinski definition) is 4. The van der Waals surface area contributed by atoms with E-state index in [2.05, 4.69) is 5.32 Å². The number of nitrogens with one attached hydrogen (secondary N) is 1. The molecule has 18 heavy (non-hydrogen) atoms. The molecule has 1 aromatic carbocycles. The van der Waals surface area contributed by atoms with Crippen LogP contribution in [0.25, 0.3) is 0 Å². The van der Waals surface area contributed by atoms with Crippen LogP contribution < -0.4 is 10.1 Å². The van der Waals surface area contributed by atoms with Crippen molar-refractivity contribution >= 4 is 18.4 Å². The van der Waals surface area contributed by atoms with E-state index < -0.39 is 0 Å². The molecule has 5 heteroatoms. The third-order valence-electron chi connectivity index (χ3n) is 2.36. The van der Waals surface area contributed by atoms with Crippen LogP contribution in [0, 0.1) is 6.92 Å². The second kappa shape index (κ2) is 8.78. The van der Waals surface area contributed by atoms with Crippen LogP contribution in [0.5, 0.6) is 5.75 Å². The molecule has 0 aliphatic rings. The van der Waals surface area contributed by atoms with Gasteiger partial charge in [-0.2, -0.15) is 0 Å². The molecule has 0 fully saturated rings.